The van der Waals surface area contributed by atoms with Gasteiger partial charge in [-0.2, -0.15) is 0 Å². The van der Waals surface area contributed by atoms with E-state index in [1.807, 2.05) is 26.0 Å². The average molecular weight is 361 g/mol. The zero-order valence-corrected chi connectivity index (χ0v) is 14.3. The molecule has 0 aliphatic rings. The summed E-state index contributed by atoms with van der Waals surface area (Å²) in [7, 11) is 0. The van der Waals surface area contributed by atoms with Crippen molar-refractivity contribution >= 4 is 39.3 Å². The minimum Gasteiger partial charge on any atom is -0.468 e. The zero-order valence-electron chi connectivity index (χ0n) is 11.9. The summed E-state index contributed by atoms with van der Waals surface area (Å²) in [5, 5.41) is -0.0545. The van der Waals surface area contributed by atoms with Gasteiger partial charge in [-0.15, -0.1) is 11.8 Å². The number of ketones is 2. The minimum atomic E-state index is -0.0663. The van der Waals surface area contributed by atoms with Gasteiger partial charge in [-0.3, -0.25) is 9.59 Å². The number of rotatable bonds is 10. The van der Waals surface area contributed by atoms with E-state index in [4.69, 9.17) is 4.42 Å². The standard InChI is InChI=1S/C15H21BrO3S/c1-3-13(16)15(18)8-4-7-14(17)11(2)20-10-12-6-5-9-19-12/h5-6,9,11,13H,3-4,7-8,10H2,1-2H3. The molecule has 0 aliphatic heterocycles. The van der Waals surface area contributed by atoms with Gasteiger partial charge in [0.2, 0.25) is 0 Å². The number of thioether (sulfide) groups is 1. The summed E-state index contributed by atoms with van der Waals surface area (Å²) in [6, 6.07) is 3.75. The van der Waals surface area contributed by atoms with E-state index in [1.54, 1.807) is 18.0 Å². The van der Waals surface area contributed by atoms with Crippen molar-refractivity contribution in [1.29, 1.82) is 0 Å². The number of halogens is 1. The second-order valence-electron chi connectivity index (χ2n) is 4.69. The van der Waals surface area contributed by atoms with Gasteiger partial charge in [0.15, 0.2) is 0 Å². The number of furan rings is 1. The van der Waals surface area contributed by atoms with E-state index in [0.29, 0.717) is 25.0 Å². The van der Waals surface area contributed by atoms with E-state index in [1.165, 1.54) is 0 Å². The van der Waals surface area contributed by atoms with Crippen LogP contribution in [0.1, 0.15) is 45.3 Å². The molecule has 0 saturated carbocycles. The Labute approximate surface area is 133 Å². The molecule has 0 N–H and O–H groups in total. The van der Waals surface area contributed by atoms with E-state index >= 15 is 0 Å². The van der Waals surface area contributed by atoms with Crippen LogP contribution in [0.3, 0.4) is 0 Å². The van der Waals surface area contributed by atoms with E-state index < -0.39 is 0 Å². The molecule has 1 heterocycles. The lowest BCUT2D eigenvalue weighted by Gasteiger charge is -2.09. The first-order valence-corrected chi connectivity index (χ1v) is 8.84. The fourth-order valence-electron chi connectivity index (χ4n) is 1.72. The molecule has 1 aromatic rings. The summed E-state index contributed by atoms with van der Waals surface area (Å²) in [6.45, 7) is 3.88. The topological polar surface area (TPSA) is 47.3 Å². The van der Waals surface area contributed by atoms with Crippen LogP contribution in [0.5, 0.6) is 0 Å². The quantitative estimate of drug-likeness (QED) is 0.580. The fraction of sp³-hybridized carbons (Fsp3) is 0.600. The second-order valence-corrected chi connectivity index (χ2v) is 7.13. The van der Waals surface area contributed by atoms with E-state index in [9.17, 15) is 9.59 Å². The van der Waals surface area contributed by atoms with Crippen LogP contribution < -0.4 is 0 Å². The van der Waals surface area contributed by atoms with Gasteiger partial charge in [0.1, 0.15) is 17.3 Å². The number of hydrogen-bond acceptors (Lipinski definition) is 4. The summed E-state index contributed by atoms with van der Waals surface area (Å²) >= 11 is 4.91. The Kier molecular flexibility index (Phi) is 8.22. The number of hydrogen-bond donors (Lipinski definition) is 0. The fourth-order valence-corrected chi connectivity index (χ4v) is 2.83. The molecule has 0 fully saturated rings. The average Bonchev–Trinajstić information content (AvgIpc) is 2.96. The lowest BCUT2D eigenvalue weighted by Crippen LogP contribution is -2.16. The van der Waals surface area contributed by atoms with Gasteiger partial charge >= 0.3 is 0 Å². The highest BCUT2D eigenvalue weighted by Gasteiger charge is 2.16. The molecule has 0 radical (unpaired) electrons. The first kappa shape index (κ1) is 17.5. The van der Waals surface area contributed by atoms with Crippen LogP contribution in [0.4, 0.5) is 0 Å². The first-order chi connectivity index (χ1) is 9.54. The van der Waals surface area contributed by atoms with Crippen molar-refractivity contribution < 1.29 is 14.0 Å². The van der Waals surface area contributed by atoms with Gasteiger partial charge in [-0.1, -0.05) is 22.9 Å². The van der Waals surface area contributed by atoms with Crippen molar-refractivity contribution in [3.63, 3.8) is 0 Å². The molecule has 0 amide bonds. The Hall–Kier alpha value is -0.550. The van der Waals surface area contributed by atoms with Crippen molar-refractivity contribution in [3.8, 4) is 0 Å². The van der Waals surface area contributed by atoms with Crippen LogP contribution in [-0.2, 0) is 15.3 Å². The Morgan fingerprint density at radius 2 is 2.05 bits per heavy atom. The van der Waals surface area contributed by atoms with Crippen molar-refractivity contribution in [2.75, 3.05) is 0 Å². The number of alkyl halides is 1. The lowest BCUT2D eigenvalue weighted by atomic mass is 10.1. The summed E-state index contributed by atoms with van der Waals surface area (Å²) < 4.78 is 5.23. The van der Waals surface area contributed by atoms with Crippen molar-refractivity contribution in [3.05, 3.63) is 24.2 Å². The first-order valence-electron chi connectivity index (χ1n) is 6.88. The van der Waals surface area contributed by atoms with Gasteiger partial charge in [0.05, 0.1) is 22.1 Å². The SMILES string of the molecule is CCC(Br)C(=O)CCCC(=O)C(C)SCc1ccco1. The minimum absolute atomic E-state index is 0.0545. The predicted octanol–water partition coefficient (Wildman–Crippen LogP) is 4.38. The molecule has 0 aliphatic carbocycles. The van der Waals surface area contributed by atoms with Gasteiger partial charge in [-0.25, -0.2) is 0 Å². The van der Waals surface area contributed by atoms with Crippen LogP contribution in [0.2, 0.25) is 0 Å². The maximum absolute atomic E-state index is 11.9. The summed E-state index contributed by atoms with van der Waals surface area (Å²) in [5.41, 5.74) is 0. The largest absolute Gasteiger partial charge is 0.468 e. The van der Waals surface area contributed by atoms with Gasteiger partial charge in [-0.05, 0) is 31.9 Å². The summed E-state index contributed by atoms with van der Waals surface area (Å²) in [4.78, 5) is 23.5. The van der Waals surface area contributed by atoms with Crippen molar-refractivity contribution in [1.82, 2.24) is 0 Å². The normalized spacial score (nSPS) is 13.9. The lowest BCUT2D eigenvalue weighted by molar-refractivity contribution is -0.119. The van der Waals surface area contributed by atoms with Crippen molar-refractivity contribution in [2.45, 2.75) is 55.4 Å². The van der Waals surface area contributed by atoms with E-state index in [2.05, 4.69) is 15.9 Å². The van der Waals surface area contributed by atoms with Gasteiger partial charge in [0.25, 0.3) is 0 Å². The third-order valence-corrected chi connectivity index (χ3v) is 5.44. The molecule has 0 spiro atoms. The molecule has 1 aromatic heterocycles. The smallest absolute Gasteiger partial charge is 0.146 e. The van der Waals surface area contributed by atoms with Gasteiger partial charge in [0, 0.05) is 12.8 Å². The summed E-state index contributed by atoms with van der Waals surface area (Å²) in [6.07, 6.45) is 4.03. The van der Waals surface area contributed by atoms with Crippen LogP contribution in [0.15, 0.2) is 22.8 Å². The summed E-state index contributed by atoms with van der Waals surface area (Å²) in [5.74, 6) is 1.99. The molecule has 2 atom stereocenters. The third kappa shape index (κ3) is 6.27. The van der Waals surface area contributed by atoms with Crippen LogP contribution in [0, 0.1) is 0 Å². The van der Waals surface area contributed by atoms with E-state index in [-0.39, 0.29) is 21.6 Å². The highest BCUT2D eigenvalue weighted by atomic mass is 79.9. The molecule has 0 bridgehead atoms. The predicted molar refractivity (Wildman–Crippen MR) is 86.3 cm³/mol. The Balaban J connectivity index is 2.19. The maximum Gasteiger partial charge on any atom is 0.146 e. The number of Topliss-reactive ketones (excluding diaryl/α,β-unsaturated/α-hetero) is 2. The molecular formula is C15H21BrO3S. The van der Waals surface area contributed by atoms with Crippen LogP contribution in [-0.4, -0.2) is 21.6 Å². The molecular weight excluding hydrogens is 340 g/mol. The highest BCUT2D eigenvalue weighted by Crippen LogP contribution is 2.20. The molecule has 20 heavy (non-hydrogen) atoms. The molecule has 112 valence electrons. The van der Waals surface area contributed by atoms with E-state index in [0.717, 1.165) is 12.2 Å². The molecule has 0 aromatic carbocycles. The second kappa shape index (κ2) is 9.40. The molecule has 2 unspecified atom stereocenters. The maximum atomic E-state index is 11.9. The van der Waals surface area contributed by atoms with Crippen LogP contribution >= 0.6 is 27.7 Å². The van der Waals surface area contributed by atoms with Gasteiger partial charge < -0.3 is 4.42 Å². The third-order valence-electron chi connectivity index (χ3n) is 3.06. The molecule has 5 heteroatoms. The molecule has 3 nitrogen and oxygen atoms in total. The highest BCUT2D eigenvalue weighted by molar-refractivity contribution is 9.10. The van der Waals surface area contributed by atoms with Crippen LogP contribution in [0.25, 0.3) is 0 Å². The Morgan fingerprint density at radius 3 is 2.65 bits per heavy atom. The molecule has 1 rings (SSSR count). The Bertz CT molecular complexity index is 417. The van der Waals surface area contributed by atoms with Crippen molar-refractivity contribution in [2.24, 2.45) is 0 Å². The zero-order chi connectivity index (χ0) is 15.0. The number of carbonyl (C=O) groups is 2. The molecule has 0 saturated heterocycles. The number of carbonyl (C=O) groups excluding carboxylic acids is 2. The Morgan fingerprint density at radius 1 is 1.35 bits per heavy atom. The monoisotopic (exact) mass is 360 g/mol.